The number of carbonyl (C=O) groups excluding carboxylic acids is 2. The standard InChI is InChI=1S/C12H22O4S/c1-3-16-12(15)7-5-4-6-11(14)8-9-17-10(2)13/h11,14H,3-9H2,1-2H3. The molecule has 0 amide bonds. The number of ether oxygens (including phenoxy) is 1. The molecular formula is C12H22O4S. The number of rotatable bonds is 9. The number of hydrogen-bond acceptors (Lipinski definition) is 5. The average molecular weight is 262 g/mol. The predicted molar refractivity (Wildman–Crippen MR) is 68.9 cm³/mol. The van der Waals surface area contributed by atoms with Crippen LogP contribution in [0.5, 0.6) is 0 Å². The van der Waals surface area contributed by atoms with Crippen molar-refractivity contribution in [1.29, 1.82) is 0 Å². The summed E-state index contributed by atoms with van der Waals surface area (Å²) in [5.41, 5.74) is 0. The van der Waals surface area contributed by atoms with E-state index in [1.54, 1.807) is 6.92 Å². The van der Waals surface area contributed by atoms with Gasteiger partial charge in [0.1, 0.15) is 0 Å². The highest BCUT2D eigenvalue weighted by Gasteiger charge is 2.06. The van der Waals surface area contributed by atoms with E-state index in [9.17, 15) is 14.7 Å². The number of aliphatic hydroxyl groups excluding tert-OH is 1. The van der Waals surface area contributed by atoms with Crippen LogP contribution in [0.1, 0.15) is 46.0 Å². The van der Waals surface area contributed by atoms with Gasteiger partial charge in [-0.05, 0) is 26.2 Å². The highest BCUT2D eigenvalue weighted by atomic mass is 32.2. The van der Waals surface area contributed by atoms with Gasteiger partial charge < -0.3 is 9.84 Å². The predicted octanol–water partition coefficient (Wildman–Crippen LogP) is 2.14. The van der Waals surface area contributed by atoms with Crippen LogP contribution in [-0.4, -0.2) is 34.7 Å². The lowest BCUT2D eigenvalue weighted by Crippen LogP contribution is -2.09. The van der Waals surface area contributed by atoms with Gasteiger partial charge in [0, 0.05) is 19.1 Å². The molecule has 0 spiro atoms. The lowest BCUT2D eigenvalue weighted by molar-refractivity contribution is -0.143. The van der Waals surface area contributed by atoms with Gasteiger partial charge in [-0.1, -0.05) is 18.2 Å². The van der Waals surface area contributed by atoms with Crippen molar-refractivity contribution in [3.05, 3.63) is 0 Å². The van der Waals surface area contributed by atoms with E-state index >= 15 is 0 Å². The fourth-order valence-corrected chi connectivity index (χ4v) is 2.04. The molecule has 17 heavy (non-hydrogen) atoms. The first-order valence-electron chi connectivity index (χ1n) is 6.03. The van der Waals surface area contributed by atoms with E-state index in [-0.39, 0.29) is 17.2 Å². The van der Waals surface area contributed by atoms with Crippen molar-refractivity contribution in [2.75, 3.05) is 12.4 Å². The molecule has 0 aromatic heterocycles. The normalized spacial score (nSPS) is 12.2. The molecule has 0 aliphatic rings. The highest BCUT2D eigenvalue weighted by Crippen LogP contribution is 2.11. The van der Waals surface area contributed by atoms with Crippen molar-refractivity contribution in [1.82, 2.24) is 0 Å². The number of esters is 1. The summed E-state index contributed by atoms with van der Waals surface area (Å²) in [6.45, 7) is 3.73. The van der Waals surface area contributed by atoms with Gasteiger partial charge in [0.25, 0.3) is 0 Å². The molecule has 0 aromatic carbocycles. The first-order chi connectivity index (χ1) is 8.06. The van der Waals surface area contributed by atoms with Gasteiger partial charge in [-0.3, -0.25) is 9.59 Å². The largest absolute Gasteiger partial charge is 0.466 e. The molecule has 5 heteroatoms. The average Bonchev–Trinajstić information content (AvgIpc) is 2.24. The maximum Gasteiger partial charge on any atom is 0.305 e. The summed E-state index contributed by atoms with van der Waals surface area (Å²) in [7, 11) is 0. The van der Waals surface area contributed by atoms with Gasteiger partial charge in [-0.2, -0.15) is 0 Å². The lowest BCUT2D eigenvalue weighted by Gasteiger charge is -2.09. The molecular weight excluding hydrogens is 240 g/mol. The van der Waals surface area contributed by atoms with Crippen LogP contribution in [0.25, 0.3) is 0 Å². The Morgan fingerprint density at radius 1 is 1.29 bits per heavy atom. The molecule has 0 heterocycles. The van der Waals surface area contributed by atoms with Gasteiger partial charge in [0.05, 0.1) is 12.7 Å². The Hall–Kier alpha value is -0.550. The third-order valence-corrected chi connectivity index (χ3v) is 3.08. The minimum Gasteiger partial charge on any atom is -0.466 e. The minimum absolute atomic E-state index is 0.0829. The van der Waals surface area contributed by atoms with Crippen LogP contribution in [0, 0.1) is 0 Å². The maximum atomic E-state index is 11.0. The molecule has 0 aliphatic heterocycles. The monoisotopic (exact) mass is 262 g/mol. The van der Waals surface area contributed by atoms with Crippen LogP contribution < -0.4 is 0 Å². The van der Waals surface area contributed by atoms with Gasteiger partial charge in [0.2, 0.25) is 0 Å². The first-order valence-corrected chi connectivity index (χ1v) is 7.01. The number of carbonyl (C=O) groups is 2. The Bertz CT molecular complexity index is 231. The molecule has 4 nitrogen and oxygen atoms in total. The smallest absolute Gasteiger partial charge is 0.305 e. The Labute approximate surface area is 107 Å². The van der Waals surface area contributed by atoms with Crippen molar-refractivity contribution >= 4 is 22.8 Å². The van der Waals surface area contributed by atoms with E-state index in [0.29, 0.717) is 31.6 Å². The van der Waals surface area contributed by atoms with Crippen LogP contribution >= 0.6 is 11.8 Å². The molecule has 1 N–H and O–H groups in total. The van der Waals surface area contributed by atoms with Crippen LogP contribution in [0.4, 0.5) is 0 Å². The van der Waals surface area contributed by atoms with Crippen molar-refractivity contribution in [3.63, 3.8) is 0 Å². The lowest BCUT2D eigenvalue weighted by atomic mass is 10.1. The summed E-state index contributed by atoms with van der Waals surface area (Å²) < 4.78 is 4.80. The van der Waals surface area contributed by atoms with Gasteiger partial charge in [-0.25, -0.2) is 0 Å². The summed E-state index contributed by atoms with van der Waals surface area (Å²) in [4.78, 5) is 21.7. The Morgan fingerprint density at radius 2 is 2.00 bits per heavy atom. The molecule has 1 atom stereocenters. The number of hydrogen-bond donors (Lipinski definition) is 1. The molecule has 0 aromatic rings. The zero-order valence-corrected chi connectivity index (χ0v) is 11.4. The van der Waals surface area contributed by atoms with Crippen LogP contribution in [0.3, 0.4) is 0 Å². The van der Waals surface area contributed by atoms with E-state index < -0.39 is 0 Å². The molecule has 100 valence electrons. The van der Waals surface area contributed by atoms with Crippen LogP contribution in [0.15, 0.2) is 0 Å². The second-order valence-electron chi connectivity index (χ2n) is 3.83. The van der Waals surface area contributed by atoms with Crippen LogP contribution in [0.2, 0.25) is 0 Å². The summed E-state index contributed by atoms with van der Waals surface area (Å²) in [5.74, 6) is 0.489. The van der Waals surface area contributed by atoms with Gasteiger partial charge in [0.15, 0.2) is 5.12 Å². The molecule has 0 aliphatic carbocycles. The SMILES string of the molecule is CCOC(=O)CCCCC(O)CCSC(C)=O. The zero-order valence-electron chi connectivity index (χ0n) is 10.6. The van der Waals surface area contributed by atoms with Crippen molar-refractivity contribution in [2.24, 2.45) is 0 Å². The fraction of sp³-hybridized carbons (Fsp3) is 0.833. The maximum absolute atomic E-state index is 11.0. The Balaban J connectivity index is 3.35. The van der Waals surface area contributed by atoms with Gasteiger partial charge >= 0.3 is 5.97 Å². The third kappa shape index (κ3) is 11.7. The second-order valence-corrected chi connectivity index (χ2v) is 5.11. The molecule has 0 saturated heterocycles. The second kappa shape index (κ2) is 10.6. The number of thioether (sulfide) groups is 1. The summed E-state index contributed by atoms with van der Waals surface area (Å²) in [6, 6.07) is 0. The summed E-state index contributed by atoms with van der Waals surface area (Å²) in [5, 5.41) is 9.67. The van der Waals surface area contributed by atoms with E-state index in [1.807, 2.05) is 0 Å². The highest BCUT2D eigenvalue weighted by molar-refractivity contribution is 8.13. The van der Waals surface area contributed by atoms with Gasteiger partial charge in [-0.15, -0.1) is 0 Å². The van der Waals surface area contributed by atoms with Crippen molar-refractivity contribution in [2.45, 2.75) is 52.1 Å². The minimum atomic E-state index is -0.371. The molecule has 0 bridgehead atoms. The summed E-state index contributed by atoms with van der Waals surface area (Å²) >= 11 is 1.24. The first kappa shape index (κ1) is 16.4. The fourth-order valence-electron chi connectivity index (χ4n) is 1.37. The zero-order chi connectivity index (χ0) is 13.1. The van der Waals surface area contributed by atoms with Crippen molar-refractivity contribution in [3.8, 4) is 0 Å². The molecule has 0 fully saturated rings. The van der Waals surface area contributed by atoms with E-state index in [4.69, 9.17) is 4.74 Å². The molecule has 0 radical (unpaired) electrons. The summed E-state index contributed by atoms with van der Waals surface area (Å²) in [6.07, 6.45) is 2.91. The Morgan fingerprint density at radius 3 is 2.59 bits per heavy atom. The molecule has 1 unspecified atom stereocenters. The number of unbranched alkanes of at least 4 members (excludes halogenated alkanes) is 1. The van der Waals surface area contributed by atoms with E-state index in [0.717, 1.165) is 12.8 Å². The third-order valence-electron chi connectivity index (χ3n) is 2.23. The topological polar surface area (TPSA) is 63.6 Å². The van der Waals surface area contributed by atoms with Crippen molar-refractivity contribution < 1.29 is 19.4 Å². The van der Waals surface area contributed by atoms with E-state index in [1.165, 1.54) is 18.7 Å². The van der Waals surface area contributed by atoms with E-state index in [2.05, 4.69) is 0 Å². The molecule has 0 saturated carbocycles. The Kier molecular flexibility index (Phi) is 10.3. The molecule has 0 rings (SSSR count). The quantitative estimate of drug-likeness (QED) is 0.509. The number of aliphatic hydroxyl groups is 1. The van der Waals surface area contributed by atoms with Crippen LogP contribution in [-0.2, 0) is 14.3 Å².